The van der Waals surface area contributed by atoms with Crippen LogP contribution in [0.4, 0.5) is 0 Å². The number of esters is 2. The third kappa shape index (κ3) is 4.32. The van der Waals surface area contributed by atoms with Crippen LogP contribution in [0.5, 0.6) is 0 Å². The Morgan fingerprint density at radius 3 is 2.27 bits per heavy atom. The fraction of sp³-hybridized carbons (Fsp3) is 0.818. The molecule has 0 unspecified atom stereocenters. The summed E-state index contributed by atoms with van der Waals surface area (Å²) < 4.78 is 9.74. The van der Waals surface area contributed by atoms with Gasteiger partial charge in [-0.25, -0.2) is 0 Å². The van der Waals surface area contributed by atoms with Crippen molar-refractivity contribution in [3.8, 4) is 0 Å². The van der Waals surface area contributed by atoms with Crippen molar-refractivity contribution in [3.05, 3.63) is 0 Å². The molecule has 1 saturated carbocycles. The normalized spacial score (nSPS) is 25.7. The van der Waals surface area contributed by atoms with Crippen molar-refractivity contribution >= 4 is 11.9 Å². The molecule has 0 radical (unpaired) electrons. The molecule has 0 amide bonds. The average molecular weight is 214 g/mol. The molecular weight excluding hydrogens is 196 g/mol. The van der Waals surface area contributed by atoms with E-state index in [1.165, 1.54) is 14.0 Å². The van der Waals surface area contributed by atoms with Crippen LogP contribution in [0.3, 0.4) is 0 Å². The van der Waals surface area contributed by atoms with Gasteiger partial charge in [-0.2, -0.15) is 0 Å². The van der Waals surface area contributed by atoms with Gasteiger partial charge in [-0.3, -0.25) is 9.59 Å². The van der Waals surface area contributed by atoms with Gasteiger partial charge in [-0.1, -0.05) is 0 Å². The van der Waals surface area contributed by atoms with Gasteiger partial charge < -0.3 is 9.47 Å². The Morgan fingerprint density at radius 1 is 1.20 bits per heavy atom. The second-order valence-electron chi connectivity index (χ2n) is 4.03. The van der Waals surface area contributed by atoms with Crippen molar-refractivity contribution in [1.82, 2.24) is 0 Å². The summed E-state index contributed by atoms with van der Waals surface area (Å²) in [4.78, 5) is 21.8. The Kier molecular flexibility index (Phi) is 4.59. The Hall–Kier alpha value is -1.06. The lowest BCUT2D eigenvalue weighted by molar-refractivity contribution is -0.149. The van der Waals surface area contributed by atoms with Gasteiger partial charge in [0.2, 0.25) is 0 Å². The third-order valence-electron chi connectivity index (χ3n) is 2.81. The van der Waals surface area contributed by atoms with E-state index in [1.807, 2.05) is 0 Å². The summed E-state index contributed by atoms with van der Waals surface area (Å²) in [6.07, 6.45) is 4.14. The summed E-state index contributed by atoms with van der Waals surface area (Å²) >= 11 is 0. The molecule has 0 aromatic rings. The summed E-state index contributed by atoms with van der Waals surface area (Å²) in [5.74, 6) is 0.0293. The lowest BCUT2D eigenvalue weighted by Crippen LogP contribution is -2.24. The summed E-state index contributed by atoms with van der Waals surface area (Å²) in [7, 11) is 1.41. The fourth-order valence-electron chi connectivity index (χ4n) is 2.01. The van der Waals surface area contributed by atoms with Crippen LogP contribution in [-0.4, -0.2) is 25.2 Å². The molecular formula is C11H18O4. The predicted molar refractivity (Wildman–Crippen MR) is 54.1 cm³/mol. The van der Waals surface area contributed by atoms with E-state index in [2.05, 4.69) is 4.74 Å². The van der Waals surface area contributed by atoms with E-state index in [0.29, 0.717) is 12.3 Å². The fourth-order valence-corrected chi connectivity index (χ4v) is 2.01. The largest absolute Gasteiger partial charge is 0.469 e. The quantitative estimate of drug-likeness (QED) is 0.670. The molecule has 86 valence electrons. The summed E-state index contributed by atoms with van der Waals surface area (Å²) in [5.41, 5.74) is 0. The number of carbonyl (C=O) groups excluding carboxylic acids is 2. The van der Waals surface area contributed by atoms with Crippen LogP contribution < -0.4 is 0 Å². The molecule has 0 aliphatic heterocycles. The molecule has 1 fully saturated rings. The first-order valence-corrected chi connectivity index (χ1v) is 5.36. The highest BCUT2D eigenvalue weighted by Crippen LogP contribution is 2.28. The SMILES string of the molecule is COC(=O)CC1CCC(OC(C)=O)CC1. The standard InChI is InChI=1S/C11H18O4/c1-8(12)15-10-5-3-9(4-6-10)7-11(13)14-2/h9-10H,3-7H2,1-2H3. The smallest absolute Gasteiger partial charge is 0.305 e. The van der Waals surface area contributed by atoms with Gasteiger partial charge in [0.1, 0.15) is 6.10 Å². The second-order valence-corrected chi connectivity index (χ2v) is 4.03. The van der Waals surface area contributed by atoms with Crippen LogP contribution in [0.15, 0.2) is 0 Å². The van der Waals surface area contributed by atoms with Gasteiger partial charge in [0.25, 0.3) is 0 Å². The molecule has 0 atom stereocenters. The van der Waals surface area contributed by atoms with Crippen LogP contribution in [0.1, 0.15) is 39.0 Å². The van der Waals surface area contributed by atoms with Gasteiger partial charge in [0.05, 0.1) is 7.11 Å². The molecule has 0 spiro atoms. The van der Waals surface area contributed by atoms with E-state index in [0.717, 1.165) is 25.7 Å². The number of carbonyl (C=O) groups is 2. The summed E-state index contributed by atoms with van der Waals surface area (Å²) in [5, 5.41) is 0. The van der Waals surface area contributed by atoms with E-state index >= 15 is 0 Å². The zero-order valence-electron chi connectivity index (χ0n) is 9.32. The van der Waals surface area contributed by atoms with Crippen molar-refractivity contribution in [2.24, 2.45) is 5.92 Å². The molecule has 1 aliphatic carbocycles. The number of rotatable bonds is 3. The maximum Gasteiger partial charge on any atom is 0.305 e. The molecule has 0 heterocycles. The molecule has 0 bridgehead atoms. The molecule has 0 aromatic carbocycles. The first-order chi connectivity index (χ1) is 7.11. The number of methoxy groups -OCH3 is 1. The van der Waals surface area contributed by atoms with Gasteiger partial charge in [0, 0.05) is 13.3 Å². The Balaban J connectivity index is 2.23. The highest BCUT2D eigenvalue weighted by atomic mass is 16.5. The monoisotopic (exact) mass is 214 g/mol. The van der Waals surface area contributed by atoms with Gasteiger partial charge in [-0.15, -0.1) is 0 Å². The van der Waals surface area contributed by atoms with E-state index in [4.69, 9.17) is 4.74 Å². The average Bonchev–Trinajstić information content (AvgIpc) is 2.20. The Labute approximate surface area is 89.9 Å². The summed E-state index contributed by atoms with van der Waals surface area (Å²) in [6, 6.07) is 0. The van der Waals surface area contributed by atoms with Crippen LogP contribution in [-0.2, 0) is 19.1 Å². The van der Waals surface area contributed by atoms with E-state index in [-0.39, 0.29) is 18.0 Å². The van der Waals surface area contributed by atoms with Crippen molar-refractivity contribution in [2.45, 2.75) is 45.1 Å². The lowest BCUT2D eigenvalue weighted by atomic mass is 9.85. The maximum absolute atomic E-state index is 11.0. The third-order valence-corrected chi connectivity index (χ3v) is 2.81. The van der Waals surface area contributed by atoms with Gasteiger partial charge in [-0.05, 0) is 31.6 Å². The van der Waals surface area contributed by atoms with Crippen molar-refractivity contribution < 1.29 is 19.1 Å². The van der Waals surface area contributed by atoms with Crippen molar-refractivity contribution in [2.75, 3.05) is 7.11 Å². The zero-order chi connectivity index (χ0) is 11.3. The van der Waals surface area contributed by atoms with Gasteiger partial charge >= 0.3 is 11.9 Å². The first-order valence-electron chi connectivity index (χ1n) is 5.36. The van der Waals surface area contributed by atoms with Crippen LogP contribution in [0.25, 0.3) is 0 Å². The van der Waals surface area contributed by atoms with Crippen LogP contribution in [0.2, 0.25) is 0 Å². The van der Waals surface area contributed by atoms with Crippen LogP contribution in [0, 0.1) is 5.92 Å². The Bertz CT molecular complexity index is 229. The topological polar surface area (TPSA) is 52.6 Å². The predicted octanol–water partition coefficient (Wildman–Crippen LogP) is 1.67. The highest BCUT2D eigenvalue weighted by Gasteiger charge is 2.24. The number of hydrogen-bond donors (Lipinski definition) is 0. The number of ether oxygens (including phenoxy) is 2. The van der Waals surface area contributed by atoms with Crippen molar-refractivity contribution in [1.29, 1.82) is 0 Å². The first kappa shape index (κ1) is 12.0. The molecule has 4 nitrogen and oxygen atoms in total. The maximum atomic E-state index is 11.0. The molecule has 0 N–H and O–H groups in total. The minimum Gasteiger partial charge on any atom is -0.469 e. The zero-order valence-corrected chi connectivity index (χ0v) is 9.32. The highest BCUT2D eigenvalue weighted by molar-refractivity contribution is 5.69. The molecule has 1 rings (SSSR count). The molecule has 1 aliphatic rings. The second kappa shape index (κ2) is 5.73. The Morgan fingerprint density at radius 2 is 1.80 bits per heavy atom. The molecule has 0 saturated heterocycles. The molecule has 15 heavy (non-hydrogen) atoms. The minimum absolute atomic E-state index is 0.0522. The van der Waals surface area contributed by atoms with Crippen molar-refractivity contribution in [3.63, 3.8) is 0 Å². The van der Waals surface area contributed by atoms with E-state index in [9.17, 15) is 9.59 Å². The van der Waals surface area contributed by atoms with Crippen LogP contribution >= 0.6 is 0 Å². The lowest BCUT2D eigenvalue weighted by Gasteiger charge is -2.27. The summed E-state index contributed by atoms with van der Waals surface area (Å²) in [6.45, 7) is 1.43. The van der Waals surface area contributed by atoms with Gasteiger partial charge in [0.15, 0.2) is 0 Å². The molecule has 0 aromatic heterocycles. The molecule has 4 heteroatoms. The van der Waals surface area contributed by atoms with E-state index in [1.54, 1.807) is 0 Å². The number of hydrogen-bond acceptors (Lipinski definition) is 4. The minimum atomic E-state index is -0.216. The van der Waals surface area contributed by atoms with E-state index < -0.39 is 0 Å².